The first-order valence-corrected chi connectivity index (χ1v) is 6.86. The van der Waals surface area contributed by atoms with E-state index in [0.717, 1.165) is 19.8 Å². The van der Waals surface area contributed by atoms with Gasteiger partial charge in [0.15, 0.2) is 0 Å². The zero-order valence-corrected chi connectivity index (χ0v) is 11.8. The SMILES string of the molecule is CN(Cc1ccc(I)cc1)C1CCOCC1. The lowest BCUT2D eigenvalue weighted by Crippen LogP contribution is -2.36. The van der Waals surface area contributed by atoms with Crippen LogP contribution in [0.4, 0.5) is 0 Å². The van der Waals surface area contributed by atoms with E-state index in [4.69, 9.17) is 4.74 Å². The lowest BCUT2D eigenvalue weighted by Gasteiger charge is -2.31. The molecule has 0 amide bonds. The number of benzene rings is 1. The predicted octanol–water partition coefficient (Wildman–Crippen LogP) is 2.90. The van der Waals surface area contributed by atoms with Gasteiger partial charge in [-0.15, -0.1) is 0 Å². The molecule has 0 spiro atoms. The minimum atomic E-state index is 0.688. The molecule has 0 saturated carbocycles. The quantitative estimate of drug-likeness (QED) is 0.790. The van der Waals surface area contributed by atoms with Gasteiger partial charge >= 0.3 is 0 Å². The highest BCUT2D eigenvalue weighted by atomic mass is 127. The van der Waals surface area contributed by atoms with Crippen LogP contribution in [0.15, 0.2) is 24.3 Å². The highest BCUT2D eigenvalue weighted by molar-refractivity contribution is 14.1. The molecule has 2 nitrogen and oxygen atoms in total. The van der Waals surface area contributed by atoms with Gasteiger partial charge in [0.25, 0.3) is 0 Å². The molecule has 1 aliphatic heterocycles. The lowest BCUT2D eigenvalue weighted by molar-refractivity contribution is 0.0407. The van der Waals surface area contributed by atoms with E-state index in [1.807, 2.05) is 0 Å². The Labute approximate surface area is 111 Å². The molecule has 0 atom stereocenters. The first kappa shape index (κ1) is 12.3. The second kappa shape index (κ2) is 5.98. The molecule has 1 aliphatic rings. The smallest absolute Gasteiger partial charge is 0.0480 e. The number of halogens is 1. The highest BCUT2D eigenvalue weighted by Gasteiger charge is 2.18. The van der Waals surface area contributed by atoms with Crippen LogP contribution in [-0.4, -0.2) is 31.2 Å². The fourth-order valence-corrected chi connectivity index (χ4v) is 2.49. The van der Waals surface area contributed by atoms with Gasteiger partial charge in [-0.2, -0.15) is 0 Å². The average Bonchev–Trinajstić information content (AvgIpc) is 2.33. The van der Waals surface area contributed by atoms with Gasteiger partial charge in [0.1, 0.15) is 0 Å². The molecule has 1 aromatic rings. The van der Waals surface area contributed by atoms with Crippen molar-refractivity contribution in [2.45, 2.75) is 25.4 Å². The van der Waals surface area contributed by atoms with Gasteiger partial charge in [-0.1, -0.05) is 12.1 Å². The van der Waals surface area contributed by atoms with Crippen LogP contribution in [-0.2, 0) is 11.3 Å². The first-order chi connectivity index (χ1) is 7.75. The topological polar surface area (TPSA) is 12.5 Å². The molecule has 88 valence electrons. The zero-order valence-electron chi connectivity index (χ0n) is 9.66. The van der Waals surface area contributed by atoms with Crippen molar-refractivity contribution in [2.24, 2.45) is 0 Å². The average molecular weight is 331 g/mol. The van der Waals surface area contributed by atoms with Gasteiger partial charge in [0.05, 0.1) is 0 Å². The summed E-state index contributed by atoms with van der Waals surface area (Å²) >= 11 is 2.34. The van der Waals surface area contributed by atoms with E-state index >= 15 is 0 Å². The summed E-state index contributed by atoms with van der Waals surface area (Å²) in [5, 5.41) is 0. The fraction of sp³-hybridized carbons (Fsp3) is 0.538. The molecule has 0 aromatic heterocycles. The van der Waals surface area contributed by atoms with Crippen LogP contribution in [0.1, 0.15) is 18.4 Å². The zero-order chi connectivity index (χ0) is 11.4. The van der Waals surface area contributed by atoms with Crippen LogP contribution in [0, 0.1) is 3.57 Å². The van der Waals surface area contributed by atoms with E-state index in [0.29, 0.717) is 6.04 Å². The number of ether oxygens (including phenoxy) is 1. The van der Waals surface area contributed by atoms with E-state index < -0.39 is 0 Å². The van der Waals surface area contributed by atoms with Crippen molar-refractivity contribution in [1.29, 1.82) is 0 Å². The van der Waals surface area contributed by atoms with Crippen LogP contribution in [0.5, 0.6) is 0 Å². The standard InChI is InChI=1S/C13H18INO/c1-15(13-6-8-16-9-7-13)10-11-2-4-12(14)5-3-11/h2-5,13H,6-10H2,1H3. The third kappa shape index (κ3) is 3.43. The van der Waals surface area contributed by atoms with Crippen LogP contribution in [0.3, 0.4) is 0 Å². The van der Waals surface area contributed by atoms with Crippen LogP contribution in [0.2, 0.25) is 0 Å². The monoisotopic (exact) mass is 331 g/mol. The Bertz CT molecular complexity index is 319. The van der Waals surface area contributed by atoms with E-state index in [2.05, 4.69) is 58.8 Å². The van der Waals surface area contributed by atoms with Crippen molar-refractivity contribution in [3.8, 4) is 0 Å². The molecule has 0 aliphatic carbocycles. The summed E-state index contributed by atoms with van der Waals surface area (Å²) in [7, 11) is 2.22. The third-order valence-corrected chi connectivity index (χ3v) is 3.88. The Hall–Kier alpha value is -0.130. The Balaban J connectivity index is 1.90. The maximum absolute atomic E-state index is 5.39. The Morgan fingerprint density at radius 2 is 1.88 bits per heavy atom. The largest absolute Gasteiger partial charge is 0.381 e. The molecular formula is C13H18INO. The molecule has 3 heteroatoms. The Kier molecular flexibility index (Phi) is 4.61. The molecule has 1 heterocycles. The van der Waals surface area contributed by atoms with Crippen molar-refractivity contribution in [1.82, 2.24) is 4.90 Å². The number of nitrogens with zero attached hydrogens (tertiary/aromatic N) is 1. The van der Waals surface area contributed by atoms with Crippen LogP contribution >= 0.6 is 22.6 Å². The van der Waals surface area contributed by atoms with Gasteiger partial charge in [-0.3, -0.25) is 4.90 Å². The number of hydrogen-bond acceptors (Lipinski definition) is 2. The van der Waals surface area contributed by atoms with Crippen LogP contribution < -0.4 is 0 Å². The molecule has 1 saturated heterocycles. The number of rotatable bonds is 3. The van der Waals surface area contributed by atoms with Crippen molar-refractivity contribution >= 4 is 22.6 Å². The summed E-state index contributed by atoms with van der Waals surface area (Å²) in [6.45, 7) is 2.88. The molecule has 0 radical (unpaired) electrons. The van der Waals surface area contributed by atoms with Gasteiger partial charge < -0.3 is 4.74 Å². The Morgan fingerprint density at radius 1 is 1.25 bits per heavy atom. The molecule has 1 fully saturated rings. The molecular weight excluding hydrogens is 313 g/mol. The van der Waals surface area contributed by atoms with E-state index in [-0.39, 0.29) is 0 Å². The van der Waals surface area contributed by atoms with Crippen molar-refractivity contribution in [2.75, 3.05) is 20.3 Å². The van der Waals surface area contributed by atoms with Gasteiger partial charge in [0.2, 0.25) is 0 Å². The molecule has 2 rings (SSSR count). The highest BCUT2D eigenvalue weighted by Crippen LogP contribution is 2.16. The van der Waals surface area contributed by atoms with Crippen LogP contribution in [0.25, 0.3) is 0 Å². The summed E-state index contributed by atoms with van der Waals surface area (Å²) < 4.78 is 6.69. The summed E-state index contributed by atoms with van der Waals surface area (Å²) in [6.07, 6.45) is 2.34. The van der Waals surface area contributed by atoms with Crippen molar-refractivity contribution < 1.29 is 4.74 Å². The Morgan fingerprint density at radius 3 is 2.50 bits per heavy atom. The normalized spacial score (nSPS) is 17.9. The maximum atomic E-state index is 5.39. The minimum Gasteiger partial charge on any atom is -0.381 e. The van der Waals surface area contributed by atoms with Crippen molar-refractivity contribution in [3.05, 3.63) is 33.4 Å². The number of hydrogen-bond donors (Lipinski definition) is 0. The second-order valence-corrected chi connectivity index (χ2v) is 5.63. The van der Waals surface area contributed by atoms with E-state index in [9.17, 15) is 0 Å². The second-order valence-electron chi connectivity index (χ2n) is 4.39. The molecule has 0 N–H and O–H groups in total. The summed E-state index contributed by atoms with van der Waals surface area (Å²) in [5.41, 5.74) is 1.40. The molecule has 1 aromatic carbocycles. The van der Waals surface area contributed by atoms with Crippen molar-refractivity contribution in [3.63, 3.8) is 0 Å². The molecule has 0 bridgehead atoms. The molecule has 0 unspecified atom stereocenters. The van der Waals surface area contributed by atoms with Gasteiger partial charge in [0, 0.05) is 29.4 Å². The summed E-state index contributed by atoms with van der Waals surface area (Å²) in [5.74, 6) is 0. The summed E-state index contributed by atoms with van der Waals surface area (Å²) in [6, 6.07) is 9.48. The fourth-order valence-electron chi connectivity index (χ4n) is 2.13. The van der Waals surface area contributed by atoms with Gasteiger partial charge in [-0.25, -0.2) is 0 Å². The van der Waals surface area contributed by atoms with Gasteiger partial charge in [-0.05, 0) is 60.2 Å². The first-order valence-electron chi connectivity index (χ1n) is 5.78. The predicted molar refractivity (Wildman–Crippen MR) is 74.5 cm³/mol. The van der Waals surface area contributed by atoms with E-state index in [1.54, 1.807) is 0 Å². The lowest BCUT2D eigenvalue weighted by atomic mass is 10.1. The third-order valence-electron chi connectivity index (χ3n) is 3.16. The van der Waals surface area contributed by atoms with E-state index in [1.165, 1.54) is 22.0 Å². The summed E-state index contributed by atoms with van der Waals surface area (Å²) in [4.78, 5) is 2.45. The molecule has 16 heavy (non-hydrogen) atoms. The maximum Gasteiger partial charge on any atom is 0.0480 e. The minimum absolute atomic E-state index is 0.688.